The number of hydrogen-bond donors (Lipinski definition) is 0. The third kappa shape index (κ3) is 3.22. The Labute approximate surface area is 153 Å². The Bertz CT molecular complexity index is 1020. The van der Waals surface area contributed by atoms with Crippen molar-refractivity contribution < 1.29 is 13.2 Å². The second-order valence-corrected chi connectivity index (χ2v) is 8.59. The molecular weight excluding hydrogens is 348 g/mol. The smallest absolute Gasteiger partial charge is 0.268 e. The van der Waals surface area contributed by atoms with E-state index in [9.17, 15) is 8.42 Å². The average molecular weight is 370 g/mol. The van der Waals surface area contributed by atoms with E-state index in [1.165, 1.54) is 3.97 Å². The summed E-state index contributed by atoms with van der Waals surface area (Å²) >= 11 is 0. The maximum absolute atomic E-state index is 13.1. The quantitative estimate of drug-likeness (QED) is 0.707. The lowest BCUT2D eigenvalue weighted by Gasteiger charge is -2.29. The van der Waals surface area contributed by atoms with E-state index in [4.69, 9.17) is 4.74 Å². The summed E-state index contributed by atoms with van der Waals surface area (Å²) in [5.41, 5.74) is 0.675. The average Bonchev–Trinajstić information content (AvgIpc) is 3.09. The number of rotatable bonds is 4. The SMILES string of the molecule is CN1CCC(Oc2cccc(S(=O)(=O)n3ccc4ccccc43)c2)CC1. The number of hydrogen-bond acceptors (Lipinski definition) is 4. The zero-order chi connectivity index (χ0) is 18.1. The van der Waals surface area contributed by atoms with Crippen molar-refractivity contribution in [1.82, 2.24) is 8.87 Å². The van der Waals surface area contributed by atoms with Crippen LogP contribution in [0.25, 0.3) is 10.9 Å². The van der Waals surface area contributed by atoms with Gasteiger partial charge in [-0.2, -0.15) is 0 Å². The van der Waals surface area contributed by atoms with E-state index in [-0.39, 0.29) is 11.0 Å². The van der Waals surface area contributed by atoms with Crippen molar-refractivity contribution in [2.75, 3.05) is 20.1 Å². The van der Waals surface area contributed by atoms with E-state index in [1.807, 2.05) is 36.4 Å². The minimum atomic E-state index is -3.67. The molecule has 0 saturated carbocycles. The number of fused-ring (bicyclic) bond motifs is 1. The first-order valence-electron chi connectivity index (χ1n) is 8.81. The summed E-state index contributed by atoms with van der Waals surface area (Å²) in [4.78, 5) is 2.52. The van der Waals surface area contributed by atoms with Gasteiger partial charge in [0.25, 0.3) is 10.0 Å². The van der Waals surface area contributed by atoms with E-state index < -0.39 is 10.0 Å². The molecule has 0 atom stereocenters. The molecule has 0 bridgehead atoms. The fourth-order valence-corrected chi connectivity index (χ4v) is 4.77. The third-order valence-corrected chi connectivity index (χ3v) is 6.58. The van der Waals surface area contributed by atoms with Gasteiger partial charge < -0.3 is 9.64 Å². The Morgan fingerprint density at radius 2 is 1.77 bits per heavy atom. The molecule has 0 amide bonds. The summed E-state index contributed by atoms with van der Waals surface area (Å²) in [6, 6.07) is 16.1. The Morgan fingerprint density at radius 1 is 1.00 bits per heavy atom. The zero-order valence-corrected chi connectivity index (χ0v) is 15.5. The van der Waals surface area contributed by atoms with E-state index in [1.54, 1.807) is 24.4 Å². The molecule has 1 saturated heterocycles. The predicted octanol–water partition coefficient (Wildman–Crippen LogP) is 3.35. The van der Waals surface area contributed by atoms with Gasteiger partial charge in [-0.15, -0.1) is 0 Å². The predicted molar refractivity (Wildman–Crippen MR) is 102 cm³/mol. The van der Waals surface area contributed by atoms with E-state index in [0.717, 1.165) is 31.3 Å². The molecule has 2 aromatic carbocycles. The molecule has 2 heterocycles. The van der Waals surface area contributed by atoms with Crippen molar-refractivity contribution >= 4 is 20.9 Å². The normalized spacial score (nSPS) is 16.8. The minimum absolute atomic E-state index is 0.136. The van der Waals surface area contributed by atoms with Crippen LogP contribution in [-0.2, 0) is 10.0 Å². The van der Waals surface area contributed by atoms with Crippen LogP contribution in [0.2, 0.25) is 0 Å². The summed E-state index contributed by atoms with van der Waals surface area (Å²) in [6.45, 7) is 2.00. The van der Waals surface area contributed by atoms with Crippen molar-refractivity contribution in [3.8, 4) is 5.75 Å². The molecule has 0 N–H and O–H groups in total. The summed E-state index contributed by atoms with van der Waals surface area (Å²) < 4.78 is 33.6. The molecule has 0 aliphatic carbocycles. The number of likely N-dealkylation sites (tertiary alicyclic amines) is 1. The topological polar surface area (TPSA) is 51.5 Å². The Morgan fingerprint density at radius 3 is 2.58 bits per heavy atom. The number of para-hydroxylation sites is 1. The van der Waals surface area contributed by atoms with Gasteiger partial charge in [-0.25, -0.2) is 12.4 Å². The molecule has 0 unspecified atom stereocenters. The Balaban J connectivity index is 1.63. The van der Waals surface area contributed by atoms with Gasteiger partial charge in [0.2, 0.25) is 0 Å². The van der Waals surface area contributed by atoms with Crippen molar-refractivity contribution in [2.24, 2.45) is 0 Å². The van der Waals surface area contributed by atoms with Crippen LogP contribution in [-0.4, -0.2) is 43.5 Å². The molecule has 26 heavy (non-hydrogen) atoms. The van der Waals surface area contributed by atoms with E-state index >= 15 is 0 Å². The van der Waals surface area contributed by atoms with Gasteiger partial charge in [-0.1, -0.05) is 24.3 Å². The number of ether oxygens (including phenoxy) is 1. The van der Waals surface area contributed by atoms with Gasteiger partial charge in [0, 0.05) is 30.7 Å². The van der Waals surface area contributed by atoms with Crippen LogP contribution < -0.4 is 4.74 Å². The summed E-state index contributed by atoms with van der Waals surface area (Å²) in [5.74, 6) is 0.608. The van der Waals surface area contributed by atoms with E-state index in [0.29, 0.717) is 11.3 Å². The second kappa shape index (κ2) is 6.78. The highest BCUT2D eigenvalue weighted by atomic mass is 32.2. The van der Waals surface area contributed by atoms with Crippen LogP contribution in [0.1, 0.15) is 12.8 Å². The lowest BCUT2D eigenvalue weighted by Crippen LogP contribution is -2.35. The monoisotopic (exact) mass is 370 g/mol. The van der Waals surface area contributed by atoms with Gasteiger partial charge in [0.1, 0.15) is 11.9 Å². The molecule has 1 aliphatic heterocycles. The van der Waals surface area contributed by atoms with Crippen LogP contribution in [0.3, 0.4) is 0 Å². The number of benzene rings is 2. The molecule has 4 rings (SSSR count). The molecule has 0 radical (unpaired) electrons. The second-order valence-electron chi connectivity index (χ2n) is 6.77. The van der Waals surface area contributed by atoms with Crippen molar-refractivity contribution in [3.05, 3.63) is 60.8 Å². The van der Waals surface area contributed by atoms with Gasteiger partial charge in [0.05, 0.1) is 10.4 Å². The highest BCUT2D eigenvalue weighted by molar-refractivity contribution is 7.90. The van der Waals surface area contributed by atoms with E-state index in [2.05, 4.69) is 11.9 Å². The molecule has 5 nitrogen and oxygen atoms in total. The zero-order valence-electron chi connectivity index (χ0n) is 14.7. The van der Waals surface area contributed by atoms with Crippen LogP contribution in [0.4, 0.5) is 0 Å². The molecule has 136 valence electrons. The molecular formula is C20H22N2O3S. The summed E-state index contributed by atoms with van der Waals surface area (Å²) in [5, 5.41) is 0.898. The summed E-state index contributed by atoms with van der Waals surface area (Å²) in [6.07, 6.45) is 3.65. The number of piperidine rings is 1. The lowest BCUT2D eigenvalue weighted by molar-refractivity contribution is 0.114. The maximum atomic E-state index is 13.1. The highest BCUT2D eigenvalue weighted by Crippen LogP contribution is 2.26. The van der Waals surface area contributed by atoms with Crippen LogP contribution in [0.5, 0.6) is 5.75 Å². The van der Waals surface area contributed by atoms with Crippen LogP contribution in [0.15, 0.2) is 65.7 Å². The fraction of sp³-hybridized carbons (Fsp3) is 0.300. The minimum Gasteiger partial charge on any atom is -0.490 e. The molecule has 6 heteroatoms. The first-order chi connectivity index (χ1) is 12.5. The highest BCUT2D eigenvalue weighted by Gasteiger charge is 2.21. The van der Waals surface area contributed by atoms with Crippen molar-refractivity contribution in [3.63, 3.8) is 0 Å². The molecule has 1 aliphatic rings. The summed E-state index contributed by atoms with van der Waals surface area (Å²) in [7, 11) is -1.56. The van der Waals surface area contributed by atoms with Crippen LogP contribution >= 0.6 is 0 Å². The molecule has 1 fully saturated rings. The lowest BCUT2D eigenvalue weighted by atomic mass is 10.1. The Kier molecular flexibility index (Phi) is 4.46. The fourth-order valence-electron chi connectivity index (χ4n) is 3.38. The maximum Gasteiger partial charge on any atom is 0.268 e. The number of nitrogens with zero attached hydrogens (tertiary/aromatic N) is 2. The first kappa shape index (κ1) is 17.1. The van der Waals surface area contributed by atoms with Gasteiger partial charge in [-0.3, -0.25) is 0 Å². The van der Waals surface area contributed by atoms with Gasteiger partial charge >= 0.3 is 0 Å². The number of aromatic nitrogens is 1. The van der Waals surface area contributed by atoms with Gasteiger partial charge in [0.15, 0.2) is 0 Å². The van der Waals surface area contributed by atoms with Gasteiger partial charge in [-0.05, 0) is 44.2 Å². The molecule has 3 aromatic rings. The third-order valence-electron chi connectivity index (χ3n) is 4.89. The van der Waals surface area contributed by atoms with Crippen molar-refractivity contribution in [1.29, 1.82) is 0 Å². The largest absolute Gasteiger partial charge is 0.490 e. The molecule has 1 aromatic heterocycles. The standard InChI is InChI=1S/C20H22N2O3S/c1-21-12-10-17(11-13-21)25-18-6-4-7-19(15-18)26(23,24)22-14-9-16-5-2-3-8-20(16)22/h2-9,14-15,17H,10-13H2,1H3. The first-order valence-corrected chi connectivity index (χ1v) is 10.2. The Hall–Kier alpha value is -2.31. The van der Waals surface area contributed by atoms with Crippen molar-refractivity contribution in [2.45, 2.75) is 23.8 Å². The van der Waals surface area contributed by atoms with Crippen LogP contribution in [0, 0.1) is 0 Å². The molecule has 0 spiro atoms.